The van der Waals surface area contributed by atoms with Crippen LogP contribution >= 0.6 is 11.6 Å². The number of methoxy groups -OCH3 is 1. The van der Waals surface area contributed by atoms with Gasteiger partial charge in [0.25, 0.3) is 5.91 Å². The fraction of sp³-hybridized carbons (Fsp3) is 0.611. The van der Waals surface area contributed by atoms with E-state index < -0.39 is 0 Å². The van der Waals surface area contributed by atoms with Gasteiger partial charge in [-0.25, -0.2) is 0 Å². The van der Waals surface area contributed by atoms with Crippen molar-refractivity contribution in [3.8, 4) is 5.75 Å². The topological polar surface area (TPSA) is 42.8 Å². The molecule has 1 aliphatic carbocycles. The predicted molar refractivity (Wildman–Crippen MR) is 92.3 cm³/mol. The molecule has 2 aliphatic rings. The van der Waals surface area contributed by atoms with Crippen LogP contribution in [0.15, 0.2) is 18.2 Å². The first-order valence-electron chi connectivity index (χ1n) is 8.65. The molecule has 1 saturated carbocycles. The third-order valence-corrected chi connectivity index (χ3v) is 5.62. The summed E-state index contributed by atoms with van der Waals surface area (Å²) in [7, 11) is 1.58. The summed E-state index contributed by atoms with van der Waals surface area (Å²) >= 11 is 6.11. The number of likely N-dealkylation sites (tertiary alicyclic amines) is 1. The summed E-state index contributed by atoms with van der Waals surface area (Å²) in [5.74, 6) is 1.53. The molecule has 0 bridgehead atoms. The zero-order valence-corrected chi connectivity index (χ0v) is 14.5. The van der Waals surface area contributed by atoms with Crippen molar-refractivity contribution in [1.82, 2.24) is 0 Å². The van der Waals surface area contributed by atoms with Crippen molar-refractivity contribution >= 4 is 23.2 Å². The largest absolute Gasteiger partial charge is 0.495 e. The van der Waals surface area contributed by atoms with E-state index in [0.29, 0.717) is 23.4 Å². The van der Waals surface area contributed by atoms with E-state index in [1.54, 1.807) is 19.2 Å². The van der Waals surface area contributed by atoms with Crippen molar-refractivity contribution in [2.24, 2.45) is 5.92 Å². The van der Waals surface area contributed by atoms with Gasteiger partial charge in [-0.2, -0.15) is 0 Å². The lowest BCUT2D eigenvalue weighted by Crippen LogP contribution is -3.18. The number of hydrogen-bond acceptors (Lipinski definition) is 2. The van der Waals surface area contributed by atoms with Gasteiger partial charge in [0, 0.05) is 11.6 Å². The molecule has 1 unspecified atom stereocenters. The maximum atomic E-state index is 12.4. The first kappa shape index (κ1) is 16.6. The number of carbonyl (C=O) groups is 1. The molecule has 1 aromatic rings. The smallest absolute Gasteiger partial charge is 0.279 e. The molecule has 3 rings (SSSR count). The van der Waals surface area contributed by atoms with Gasteiger partial charge in [-0.3, -0.25) is 4.79 Å². The summed E-state index contributed by atoms with van der Waals surface area (Å²) < 4.78 is 5.14. The van der Waals surface area contributed by atoms with Gasteiger partial charge in [0.2, 0.25) is 0 Å². The van der Waals surface area contributed by atoms with Gasteiger partial charge < -0.3 is 15.0 Å². The number of fused-ring (bicyclic) bond motifs is 1. The Labute approximate surface area is 143 Å². The van der Waals surface area contributed by atoms with Crippen LogP contribution in [-0.2, 0) is 4.79 Å². The molecule has 5 heteroatoms. The fourth-order valence-corrected chi connectivity index (χ4v) is 4.50. The predicted octanol–water partition coefficient (Wildman–Crippen LogP) is 2.52. The number of benzene rings is 1. The van der Waals surface area contributed by atoms with Crippen molar-refractivity contribution in [3.63, 3.8) is 0 Å². The molecule has 4 nitrogen and oxygen atoms in total. The number of piperidine rings is 1. The Morgan fingerprint density at radius 1 is 1.30 bits per heavy atom. The Morgan fingerprint density at radius 2 is 2.09 bits per heavy atom. The number of hydrogen-bond donors (Lipinski definition) is 2. The van der Waals surface area contributed by atoms with E-state index in [1.807, 2.05) is 6.07 Å². The standard InChI is InChI=1S/C18H25ClN2O2/c1-23-17-9-8-14(11-15(17)19)20-18(22)12-21-10-4-6-13-5-2-3-7-16(13)21/h8-9,11,13,16H,2-7,10,12H2,1H3,(H,20,22)/p+1/t13-,16-/m0/s1. The van der Waals surface area contributed by atoms with Crippen LogP contribution in [0.1, 0.15) is 38.5 Å². The molecule has 23 heavy (non-hydrogen) atoms. The van der Waals surface area contributed by atoms with Crippen LogP contribution < -0.4 is 15.0 Å². The average Bonchev–Trinajstić information content (AvgIpc) is 2.55. The van der Waals surface area contributed by atoms with Crippen LogP contribution in [-0.4, -0.2) is 32.1 Å². The van der Waals surface area contributed by atoms with E-state index in [2.05, 4.69) is 5.32 Å². The molecule has 2 fully saturated rings. The summed E-state index contributed by atoms with van der Waals surface area (Å²) in [5.41, 5.74) is 0.734. The van der Waals surface area contributed by atoms with E-state index in [9.17, 15) is 4.79 Å². The highest BCUT2D eigenvalue weighted by Gasteiger charge is 2.37. The maximum absolute atomic E-state index is 12.4. The average molecular weight is 338 g/mol. The molecule has 1 heterocycles. The van der Waals surface area contributed by atoms with Gasteiger partial charge in [0.05, 0.1) is 24.7 Å². The molecule has 1 amide bonds. The number of ether oxygens (including phenoxy) is 1. The van der Waals surface area contributed by atoms with Crippen LogP contribution in [0, 0.1) is 5.92 Å². The summed E-state index contributed by atoms with van der Waals surface area (Å²) in [6.07, 6.45) is 7.92. The van der Waals surface area contributed by atoms with Crippen molar-refractivity contribution in [2.75, 3.05) is 25.5 Å². The highest BCUT2D eigenvalue weighted by atomic mass is 35.5. The Kier molecular flexibility index (Phi) is 5.44. The second-order valence-electron chi connectivity index (χ2n) is 6.78. The first-order chi connectivity index (χ1) is 11.2. The van der Waals surface area contributed by atoms with Crippen molar-refractivity contribution in [1.29, 1.82) is 0 Å². The van der Waals surface area contributed by atoms with E-state index in [0.717, 1.165) is 18.2 Å². The number of nitrogens with one attached hydrogen (secondary N) is 2. The SMILES string of the molecule is COc1ccc(NC(=O)C[NH+]2CCC[C@@H]3CCCC[C@@H]32)cc1Cl. The molecule has 1 aliphatic heterocycles. The number of amides is 1. The van der Waals surface area contributed by atoms with Gasteiger partial charge in [-0.05, 0) is 50.3 Å². The lowest BCUT2D eigenvalue weighted by molar-refractivity contribution is -0.928. The van der Waals surface area contributed by atoms with Crippen molar-refractivity contribution < 1.29 is 14.4 Å². The molecule has 126 valence electrons. The molecule has 0 radical (unpaired) electrons. The van der Waals surface area contributed by atoms with Crippen LogP contribution in [0.2, 0.25) is 5.02 Å². The Morgan fingerprint density at radius 3 is 2.87 bits per heavy atom. The number of halogens is 1. The minimum atomic E-state index is 0.0763. The molecule has 2 N–H and O–H groups in total. The molecule has 1 aromatic carbocycles. The van der Waals surface area contributed by atoms with Gasteiger partial charge in [0.1, 0.15) is 5.75 Å². The highest BCUT2D eigenvalue weighted by Crippen LogP contribution is 2.29. The normalized spacial score (nSPS) is 27.1. The number of carbonyl (C=O) groups excluding carboxylic acids is 1. The second kappa shape index (κ2) is 7.54. The lowest BCUT2D eigenvalue weighted by atomic mass is 9.78. The third-order valence-electron chi connectivity index (χ3n) is 5.33. The van der Waals surface area contributed by atoms with E-state index in [-0.39, 0.29) is 5.91 Å². The highest BCUT2D eigenvalue weighted by molar-refractivity contribution is 6.32. The van der Waals surface area contributed by atoms with E-state index in [1.165, 1.54) is 43.4 Å². The lowest BCUT2D eigenvalue weighted by Gasteiger charge is -2.40. The Balaban J connectivity index is 1.59. The first-order valence-corrected chi connectivity index (χ1v) is 9.03. The van der Waals surface area contributed by atoms with Crippen molar-refractivity contribution in [3.05, 3.63) is 23.2 Å². The number of quaternary nitrogens is 1. The van der Waals surface area contributed by atoms with Crippen LogP contribution in [0.4, 0.5) is 5.69 Å². The molecular weight excluding hydrogens is 312 g/mol. The van der Waals surface area contributed by atoms with Gasteiger partial charge in [-0.15, -0.1) is 0 Å². The zero-order valence-electron chi connectivity index (χ0n) is 13.7. The van der Waals surface area contributed by atoms with Gasteiger partial charge in [-0.1, -0.05) is 18.0 Å². The van der Waals surface area contributed by atoms with Crippen LogP contribution in [0.25, 0.3) is 0 Å². The number of anilines is 1. The Bertz CT molecular complexity index is 562. The third kappa shape index (κ3) is 3.99. The zero-order chi connectivity index (χ0) is 16.2. The van der Waals surface area contributed by atoms with E-state index in [4.69, 9.17) is 16.3 Å². The molecule has 1 saturated heterocycles. The Hall–Kier alpha value is -1.26. The molecule has 3 atom stereocenters. The fourth-order valence-electron chi connectivity index (χ4n) is 4.24. The van der Waals surface area contributed by atoms with Crippen LogP contribution in [0.5, 0.6) is 5.75 Å². The van der Waals surface area contributed by atoms with E-state index >= 15 is 0 Å². The maximum Gasteiger partial charge on any atom is 0.279 e. The molecule has 0 spiro atoms. The molecular formula is C18H26ClN2O2+. The quantitative estimate of drug-likeness (QED) is 0.886. The van der Waals surface area contributed by atoms with Gasteiger partial charge in [0.15, 0.2) is 6.54 Å². The monoisotopic (exact) mass is 337 g/mol. The summed E-state index contributed by atoms with van der Waals surface area (Å²) in [6, 6.07) is 6.04. The summed E-state index contributed by atoms with van der Waals surface area (Å²) in [4.78, 5) is 13.9. The van der Waals surface area contributed by atoms with Crippen LogP contribution in [0.3, 0.4) is 0 Å². The minimum Gasteiger partial charge on any atom is -0.495 e. The number of rotatable bonds is 4. The summed E-state index contributed by atoms with van der Waals surface area (Å²) in [5, 5.41) is 3.49. The minimum absolute atomic E-state index is 0.0763. The second-order valence-corrected chi connectivity index (χ2v) is 7.18. The summed E-state index contributed by atoms with van der Waals surface area (Å²) in [6.45, 7) is 1.68. The van der Waals surface area contributed by atoms with Gasteiger partial charge >= 0.3 is 0 Å². The molecule has 0 aromatic heterocycles. The van der Waals surface area contributed by atoms with Crippen molar-refractivity contribution in [2.45, 2.75) is 44.6 Å².